The van der Waals surface area contributed by atoms with Crippen LogP contribution in [0, 0.1) is 0 Å². The summed E-state index contributed by atoms with van der Waals surface area (Å²) in [6, 6.07) is 16.7. The van der Waals surface area contributed by atoms with E-state index in [1.54, 1.807) is 19.0 Å². The minimum absolute atomic E-state index is 0. The fourth-order valence-electron chi connectivity index (χ4n) is 3.89. The molecule has 2 N–H and O–H groups in total. The van der Waals surface area contributed by atoms with E-state index in [1.807, 2.05) is 28.8 Å². The number of aliphatic imine (C=N–C) groups is 1. The number of guanidine groups is 1. The van der Waals surface area contributed by atoms with Crippen molar-refractivity contribution in [1.82, 2.24) is 35.0 Å². The first kappa shape index (κ1) is 25.9. The first-order chi connectivity index (χ1) is 16.1. The molecule has 1 aliphatic heterocycles. The van der Waals surface area contributed by atoms with E-state index in [4.69, 9.17) is 4.99 Å². The van der Waals surface area contributed by atoms with Crippen molar-refractivity contribution in [3.63, 3.8) is 0 Å². The van der Waals surface area contributed by atoms with Gasteiger partial charge in [0.05, 0.1) is 6.54 Å². The summed E-state index contributed by atoms with van der Waals surface area (Å²) in [6.07, 6.45) is 3.96. The van der Waals surface area contributed by atoms with Gasteiger partial charge >= 0.3 is 0 Å². The number of carbonyl (C=O) groups is 1. The summed E-state index contributed by atoms with van der Waals surface area (Å²) in [5.41, 5.74) is 2.13. The summed E-state index contributed by atoms with van der Waals surface area (Å²) in [5, 5.41) is 15.2. The standard InChI is InChI=1S/C24H32N8O.HI/c1-30(2)23(33)17-26-24(25-16-22-29-28-21-10-6-7-13-32(21)22)27-20-11-14-31(15-12-20)18-19-8-4-3-5-9-19;/h3-10,13,20H,11-12,14-18H2,1-2H3,(H2,25,26,27);1H. The van der Waals surface area contributed by atoms with Crippen LogP contribution in [0.2, 0.25) is 0 Å². The van der Waals surface area contributed by atoms with E-state index in [1.165, 1.54) is 5.56 Å². The second kappa shape index (κ2) is 12.7. The monoisotopic (exact) mass is 576 g/mol. The minimum atomic E-state index is -0.00453. The van der Waals surface area contributed by atoms with E-state index >= 15 is 0 Å². The summed E-state index contributed by atoms with van der Waals surface area (Å²) in [7, 11) is 3.50. The Morgan fingerprint density at radius 1 is 1.09 bits per heavy atom. The lowest BCUT2D eigenvalue weighted by Crippen LogP contribution is -2.50. The Kier molecular flexibility index (Phi) is 9.63. The normalized spacial score (nSPS) is 15.1. The number of rotatable bonds is 7. The maximum Gasteiger partial charge on any atom is 0.241 e. The van der Waals surface area contributed by atoms with Crippen LogP contribution in [0.1, 0.15) is 24.2 Å². The van der Waals surface area contributed by atoms with E-state index in [2.05, 4.69) is 56.1 Å². The number of pyridine rings is 1. The summed E-state index contributed by atoms with van der Waals surface area (Å²) >= 11 is 0. The molecule has 3 heterocycles. The van der Waals surface area contributed by atoms with Crippen molar-refractivity contribution < 1.29 is 4.79 Å². The maximum atomic E-state index is 12.1. The molecular weight excluding hydrogens is 543 g/mol. The lowest BCUT2D eigenvalue weighted by molar-refractivity contribution is -0.127. The van der Waals surface area contributed by atoms with Crippen molar-refractivity contribution in [1.29, 1.82) is 0 Å². The fourth-order valence-corrected chi connectivity index (χ4v) is 3.89. The molecule has 1 amide bonds. The molecule has 3 aromatic rings. The van der Waals surface area contributed by atoms with Gasteiger partial charge in [-0.2, -0.15) is 0 Å². The minimum Gasteiger partial charge on any atom is -0.354 e. The van der Waals surface area contributed by atoms with E-state index in [0.717, 1.165) is 43.9 Å². The molecule has 34 heavy (non-hydrogen) atoms. The van der Waals surface area contributed by atoms with E-state index in [9.17, 15) is 4.79 Å². The predicted molar refractivity (Wildman–Crippen MR) is 144 cm³/mol. The molecule has 0 atom stereocenters. The molecule has 1 saturated heterocycles. The number of nitrogens with one attached hydrogen (secondary N) is 2. The predicted octanol–water partition coefficient (Wildman–Crippen LogP) is 2.14. The largest absolute Gasteiger partial charge is 0.354 e. The number of hydrogen-bond acceptors (Lipinski definition) is 5. The van der Waals surface area contributed by atoms with E-state index < -0.39 is 0 Å². The van der Waals surface area contributed by atoms with Gasteiger partial charge in [-0.1, -0.05) is 36.4 Å². The molecule has 0 bridgehead atoms. The molecule has 4 rings (SSSR count). The van der Waals surface area contributed by atoms with Crippen LogP contribution in [0.5, 0.6) is 0 Å². The lowest BCUT2D eigenvalue weighted by Gasteiger charge is -2.33. The zero-order chi connectivity index (χ0) is 23.0. The number of aromatic nitrogens is 3. The van der Waals surface area contributed by atoms with Crippen LogP contribution >= 0.6 is 24.0 Å². The highest BCUT2D eigenvalue weighted by molar-refractivity contribution is 14.0. The summed E-state index contributed by atoms with van der Waals surface area (Å²) in [4.78, 5) is 20.9. The van der Waals surface area contributed by atoms with Gasteiger partial charge < -0.3 is 15.5 Å². The number of benzene rings is 1. The van der Waals surface area contributed by atoms with Crippen LogP contribution in [0.3, 0.4) is 0 Å². The maximum absolute atomic E-state index is 12.1. The Hall–Kier alpha value is -2.73. The number of halogens is 1. The average molecular weight is 576 g/mol. The summed E-state index contributed by atoms with van der Waals surface area (Å²) in [6.45, 7) is 3.57. The third kappa shape index (κ3) is 7.13. The van der Waals surface area contributed by atoms with Crippen LogP contribution in [-0.4, -0.2) is 76.0 Å². The molecule has 0 saturated carbocycles. The van der Waals surface area contributed by atoms with Gasteiger partial charge in [0.1, 0.15) is 6.54 Å². The smallest absolute Gasteiger partial charge is 0.241 e. The van der Waals surface area contributed by atoms with Gasteiger partial charge in [-0.15, -0.1) is 34.2 Å². The van der Waals surface area contributed by atoms with Crippen LogP contribution in [0.25, 0.3) is 5.65 Å². The van der Waals surface area contributed by atoms with E-state index in [-0.39, 0.29) is 36.4 Å². The zero-order valence-electron chi connectivity index (χ0n) is 19.7. The Bertz CT molecular complexity index is 1080. The first-order valence-corrected chi connectivity index (χ1v) is 11.4. The lowest BCUT2D eigenvalue weighted by atomic mass is 10.0. The highest BCUT2D eigenvalue weighted by Crippen LogP contribution is 2.14. The Morgan fingerprint density at radius 3 is 2.56 bits per heavy atom. The van der Waals surface area contributed by atoms with Gasteiger partial charge in [-0.3, -0.25) is 14.1 Å². The molecule has 0 unspecified atom stereocenters. The van der Waals surface area contributed by atoms with Gasteiger partial charge in [0.2, 0.25) is 5.91 Å². The highest BCUT2D eigenvalue weighted by atomic mass is 127. The second-order valence-corrected chi connectivity index (χ2v) is 8.53. The van der Waals surface area contributed by atoms with E-state index in [0.29, 0.717) is 18.5 Å². The first-order valence-electron chi connectivity index (χ1n) is 11.4. The molecule has 182 valence electrons. The van der Waals surface area contributed by atoms with Crippen LogP contribution < -0.4 is 10.6 Å². The van der Waals surface area contributed by atoms with Gasteiger partial charge in [0.25, 0.3) is 0 Å². The van der Waals surface area contributed by atoms with Crippen molar-refractivity contribution >= 4 is 41.5 Å². The van der Waals surface area contributed by atoms with Crippen LogP contribution in [0.4, 0.5) is 0 Å². The van der Waals surface area contributed by atoms with Gasteiger partial charge in [-0.05, 0) is 30.5 Å². The average Bonchev–Trinajstić information content (AvgIpc) is 3.25. The van der Waals surface area contributed by atoms with Crippen molar-refractivity contribution in [2.45, 2.75) is 32.0 Å². The Labute approximate surface area is 217 Å². The molecule has 1 aliphatic rings. The molecule has 9 nitrogen and oxygen atoms in total. The number of likely N-dealkylation sites (N-methyl/N-ethyl adjacent to an activating group) is 1. The zero-order valence-corrected chi connectivity index (χ0v) is 22.1. The van der Waals surface area contributed by atoms with Crippen LogP contribution in [-0.2, 0) is 17.9 Å². The number of fused-ring (bicyclic) bond motifs is 1. The Balaban J connectivity index is 0.00000324. The Morgan fingerprint density at radius 2 is 1.82 bits per heavy atom. The molecule has 1 fully saturated rings. The molecule has 0 aliphatic carbocycles. The third-order valence-corrected chi connectivity index (χ3v) is 5.85. The highest BCUT2D eigenvalue weighted by Gasteiger charge is 2.20. The van der Waals surface area contributed by atoms with Crippen molar-refractivity contribution in [2.24, 2.45) is 4.99 Å². The number of amides is 1. The fraction of sp³-hybridized carbons (Fsp3) is 0.417. The number of hydrogen-bond donors (Lipinski definition) is 2. The van der Waals surface area contributed by atoms with Gasteiger partial charge in [0.15, 0.2) is 17.4 Å². The molecule has 1 aromatic carbocycles. The third-order valence-electron chi connectivity index (χ3n) is 5.85. The summed E-state index contributed by atoms with van der Waals surface area (Å²) < 4.78 is 1.92. The SMILES string of the molecule is CN(C)C(=O)CNC(=NCc1nnc2ccccn12)NC1CCN(Cc2ccccc2)CC1.I. The quantitative estimate of drug-likeness (QED) is 0.255. The van der Waals surface area contributed by atoms with Gasteiger partial charge in [0, 0.05) is 46.0 Å². The number of carbonyl (C=O) groups excluding carboxylic acids is 1. The van der Waals surface area contributed by atoms with Crippen molar-refractivity contribution in [2.75, 3.05) is 33.7 Å². The topological polar surface area (TPSA) is 90.2 Å². The van der Waals surface area contributed by atoms with Crippen molar-refractivity contribution in [3.05, 3.63) is 66.1 Å². The molecule has 10 heteroatoms. The second-order valence-electron chi connectivity index (χ2n) is 8.53. The molecule has 2 aromatic heterocycles. The molecular formula is C24H33IN8O. The van der Waals surface area contributed by atoms with Crippen LogP contribution in [0.15, 0.2) is 59.7 Å². The molecule has 0 spiro atoms. The molecule has 0 radical (unpaired) electrons. The number of nitrogens with zero attached hydrogens (tertiary/aromatic N) is 6. The number of piperidine rings is 1. The van der Waals surface area contributed by atoms with Gasteiger partial charge in [-0.25, -0.2) is 4.99 Å². The van der Waals surface area contributed by atoms with Crippen molar-refractivity contribution in [3.8, 4) is 0 Å². The summed E-state index contributed by atoms with van der Waals surface area (Å²) in [5.74, 6) is 1.37. The number of likely N-dealkylation sites (tertiary alicyclic amines) is 1.